The van der Waals surface area contributed by atoms with Crippen LogP contribution in [0, 0.1) is 20.8 Å². The maximum Gasteiger partial charge on any atom is 0.0914 e. The lowest BCUT2D eigenvalue weighted by molar-refractivity contribution is 0.174. The summed E-state index contributed by atoms with van der Waals surface area (Å²) >= 11 is 0. The molecule has 0 fully saturated rings. The summed E-state index contributed by atoms with van der Waals surface area (Å²) in [5.41, 5.74) is 5.55. The van der Waals surface area contributed by atoms with E-state index < -0.39 is 6.10 Å². The minimum Gasteiger partial charge on any atom is -0.387 e. The highest BCUT2D eigenvalue weighted by Gasteiger charge is 2.11. The van der Waals surface area contributed by atoms with Gasteiger partial charge in [0, 0.05) is 31.4 Å². The van der Waals surface area contributed by atoms with E-state index in [1.165, 1.54) is 16.8 Å². The molecule has 0 aliphatic carbocycles. The Labute approximate surface area is 120 Å². The molecule has 4 heteroatoms. The molecule has 4 nitrogen and oxygen atoms in total. The Bertz CT molecular complexity index is 589. The summed E-state index contributed by atoms with van der Waals surface area (Å²) in [6.45, 7) is 7.38. The van der Waals surface area contributed by atoms with Crippen molar-refractivity contribution in [2.24, 2.45) is 7.05 Å². The average Bonchev–Trinajstić information content (AvgIpc) is 2.65. The quantitative estimate of drug-likeness (QED) is 0.878. The van der Waals surface area contributed by atoms with Gasteiger partial charge in [-0.25, -0.2) is 0 Å². The van der Waals surface area contributed by atoms with Gasteiger partial charge >= 0.3 is 0 Å². The third kappa shape index (κ3) is 3.26. The van der Waals surface area contributed by atoms with Gasteiger partial charge in [-0.2, -0.15) is 5.10 Å². The van der Waals surface area contributed by atoms with E-state index in [0.29, 0.717) is 6.54 Å². The predicted molar refractivity (Wildman–Crippen MR) is 80.5 cm³/mol. The molecule has 1 aromatic heterocycles. The number of hydrogen-bond donors (Lipinski definition) is 2. The summed E-state index contributed by atoms with van der Waals surface area (Å²) in [6.07, 6.45) is -0.479. The predicted octanol–water partition coefficient (Wildman–Crippen LogP) is 2.17. The van der Waals surface area contributed by atoms with E-state index in [4.69, 9.17) is 0 Å². The van der Waals surface area contributed by atoms with E-state index in [9.17, 15) is 5.11 Å². The third-order valence-corrected chi connectivity index (χ3v) is 3.73. The molecule has 1 unspecified atom stereocenters. The Morgan fingerprint density at radius 2 is 2.05 bits per heavy atom. The maximum atomic E-state index is 10.2. The SMILES string of the molecule is Cc1cccc(C(O)CNCc2c(C)nn(C)c2C)c1. The number of hydrogen-bond acceptors (Lipinski definition) is 3. The van der Waals surface area contributed by atoms with Crippen molar-refractivity contribution < 1.29 is 5.11 Å². The first-order valence-electron chi connectivity index (χ1n) is 6.93. The Balaban J connectivity index is 1.93. The first-order chi connectivity index (χ1) is 9.49. The van der Waals surface area contributed by atoms with E-state index in [1.807, 2.05) is 49.8 Å². The molecular formula is C16H23N3O. The zero-order valence-corrected chi connectivity index (χ0v) is 12.6. The summed E-state index contributed by atoms with van der Waals surface area (Å²) in [4.78, 5) is 0. The van der Waals surface area contributed by atoms with Gasteiger partial charge in [-0.05, 0) is 26.3 Å². The number of nitrogens with zero attached hydrogens (tertiary/aromatic N) is 2. The van der Waals surface area contributed by atoms with Gasteiger partial charge in [0.05, 0.1) is 11.8 Å². The van der Waals surface area contributed by atoms with Crippen LogP contribution in [0.15, 0.2) is 24.3 Å². The van der Waals surface area contributed by atoms with E-state index in [2.05, 4.69) is 17.3 Å². The van der Waals surface area contributed by atoms with Gasteiger partial charge in [-0.1, -0.05) is 29.8 Å². The molecule has 0 amide bonds. The van der Waals surface area contributed by atoms with Crippen LogP contribution in [-0.4, -0.2) is 21.4 Å². The number of benzene rings is 1. The van der Waals surface area contributed by atoms with Crippen molar-refractivity contribution in [3.05, 3.63) is 52.3 Å². The molecule has 0 aliphatic heterocycles. The lowest BCUT2D eigenvalue weighted by atomic mass is 10.1. The second-order valence-corrected chi connectivity index (χ2v) is 5.33. The van der Waals surface area contributed by atoms with Crippen LogP contribution in [0.5, 0.6) is 0 Å². The van der Waals surface area contributed by atoms with Gasteiger partial charge in [0.2, 0.25) is 0 Å². The number of aliphatic hydroxyl groups is 1. The lowest BCUT2D eigenvalue weighted by Gasteiger charge is -2.13. The second-order valence-electron chi connectivity index (χ2n) is 5.33. The molecule has 2 N–H and O–H groups in total. The van der Waals surface area contributed by atoms with Crippen molar-refractivity contribution in [3.8, 4) is 0 Å². The lowest BCUT2D eigenvalue weighted by Crippen LogP contribution is -2.21. The van der Waals surface area contributed by atoms with Gasteiger partial charge in [-0.3, -0.25) is 4.68 Å². The number of aryl methyl sites for hydroxylation is 3. The van der Waals surface area contributed by atoms with Gasteiger partial charge < -0.3 is 10.4 Å². The summed E-state index contributed by atoms with van der Waals surface area (Å²) in [5.74, 6) is 0. The fourth-order valence-electron chi connectivity index (χ4n) is 2.40. The molecule has 2 rings (SSSR count). The largest absolute Gasteiger partial charge is 0.387 e. The van der Waals surface area contributed by atoms with Crippen molar-refractivity contribution >= 4 is 0 Å². The number of rotatable bonds is 5. The Morgan fingerprint density at radius 1 is 1.30 bits per heavy atom. The minimum absolute atomic E-state index is 0.479. The van der Waals surface area contributed by atoms with E-state index in [-0.39, 0.29) is 0 Å². The molecule has 1 heterocycles. The Kier molecular flexibility index (Phi) is 4.57. The summed E-state index contributed by atoms with van der Waals surface area (Å²) in [6, 6.07) is 7.99. The van der Waals surface area contributed by atoms with Crippen LogP contribution >= 0.6 is 0 Å². The molecule has 1 aromatic carbocycles. The molecule has 0 saturated heterocycles. The van der Waals surface area contributed by atoms with E-state index in [1.54, 1.807) is 0 Å². The van der Waals surface area contributed by atoms with Gasteiger partial charge in [0.1, 0.15) is 0 Å². The van der Waals surface area contributed by atoms with Gasteiger partial charge in [-0.15, -0.1) is 0 Å². The number of nitrogens with one attached hydrogen (secondary N) is 1. The molecule has 108 valence electrons. The minimum atomic E-state index is -0.479. The Hall–Kier alpha value is -1.65. The Morgan fingerprint density at radius 3 is 2.65 bits per heavy atom. The van der Waals surface area contributed by atoms with E-state index >= 15 is 0 Å². The zero-order valence-electron chi connectivity index (χ0n) is 12.6. The molecule has 0 radical (unpaired) electrons. The summed E-state index contributed by atoms with van der Waals surface area (Å²) in [7, 11) is 1.95. The first-order valence-corrected chi connectivity index (χ1v) is 6.93. The van der Waals surface area contributed by atoms with Crippen LogP contribution in [0.25, 0.3) is 0 Å². The van der Waals surface area contributed by atoms with Crippen LogP contribution < -0.4 is 5.32 Å². The number of aliphatic hydroxyl groups excluding tert-OH is 1. The third-order valence-electron chi connectivity index (χ3n) is 3.73. The monoisotopic (exact) mass is 273 g/mol. The molecule has 0 saturated carbocycles. The average molecular weight is 273 g/mol. The topological polar surface area (TPSA) is 50.1 Å². The second kappa shape index (κ2) is 6.20. The summed E-state index contributed by atoms with van der Waals surface area (Å²) in [5, 5.41) is 17.9. The molecule has 0 bridgehead atoms. The van der Waals surface area contributed by atoms with Crippen LogP contribution in [0.4, 0.5) is 0 Å². The molecule has 0 aliphatic rings. The highest BCUT2D eigenvalue weighted by molar-refractivity contribution is 5.25. The standard InChI is InChI=1S/C16H23N3O/c1-11-6-5-7-14(8-11)16(20)10-17-9-15-12(2)18-19(4)13(15)3/h5-8,16-17,20H,9-10H2,1-4H3. The van der Waals surface area contributed by atoms with Crippen molar-refractivity contribution in [2.45, 2.75) is 33.4 Å². The molecule has 0 spiro atoms. The van der Waals surface area contributed by atoms with Crippen LogP contribution in [-0.2, 0) is 13.6 Å². The van der Waals surface area contributed by atoms with Crippen molar-refractivity contribution in [3.63, 3.8) is 0 Å². The fraction of sp³-hybridized carbons (Fsp3) is 0.438. The molecule has 1 atom stereocenters. The highest BCUT2D eigenvalue weighted by Crippen LogP contribution is 2.15. The van der Waals surface area contributed by atoms with Crippen molar-refractivity contribution in [1.29, 1.82) is 0 Å². The molecular weight excluding hydrogens is 250 g/mol. The normalized spacial score (nSPS) is 12.7. The van der Waals surface area contributed by atoms with E-state index in [0.717, 1.165) is 17.8 Å². The zero-order chi connectivity index (χ0) is 14.7. The van der Waals surface area contributed by atoms with Crippen molar-refractivity contribution in [2.75, 3.05) is 6.54 Å². The van der Waals surface area contributed by atoms with Crippen LogP contribution in [0.2, 0.25) is 0 Å². The smallest absolute Gasteiger partial charge is 0.0914 e. The van der Waals surface area contributed by atoms with Crippen LogP contribution in [0.1, 0.15) is 34.2 Å². The fourth-order valence-corrected chi connectivity index (χ4v) is 2.40. The van der Waals surface area contributed by atoms with Crippen LogP contribution in [0.3, 0.4) is 0 Å². The van der Waals surface area contributed by atoms with Gasteiger partial charge in [0.15, 0.2) is 0 Å². The first kappa shape index (κ1) is 14.8. The molecule has 20 heavy (non-hydrogen) atoms. The van der Waals surface area contributed by atoms with Crippen molar-refractivity contribution in [1.82, 2.24) is 15.1 Å². The number of aromatic nitrogens is 2. The summed E-state index contributed by atoms with van der Waals surface area (Å²) < 4.78 is 1.89. The highest BCUT2D eigenvalue weighted by atomic mass is 16.3. The maximum absolute atomic E-state index is 10.2. The van der Waals surface area contributed by atoms with Gasteiger partial charge in [0.25, 0.3) is 0 Å². The molecule has 2 aromatic rings.